The highest BCUT2D eigenvalue weighted by Crippen LogP contribution is 2.27. The molecule has 1 heterocycles. The van der Waals surface area contributed by atoms with Gasteiger partial charge in [0.15, 0.2) is 5.13 Å². The molecule has 0 aliphatic rings. The molecule has 0 fully saturated rings. The number of hydrogen-bond donors (Lipinski definition) is 1. The molecule has 1 aromatic carbocycles. The number of amides is 2. The van der Waals surface area contributed by atoms with Crippen molar-refractivity contribution in [3.63, 3.8) is 0 Å². The van der Waals surface area contributed by atoms with Gasteiger partial charge in [0.2, 0.25) is 0 Å². The number of carbonyl (C=O) groups excluding carboxylic acids is 1. The molecule has 0 radical (unpaired) electrons. The Kier molecular flexibility index (Phi) is 2.93. The van der Waals surface area contributed by atoms with E-state index >= 15 is 0 Å². The van der Waals surface area contributed by atoms with E-state index in [1.165, 1.54) is 16.2 Å². The van der Waals surface area contributed by atoms with Crippen LogP contribution in [0.25, 0.3) is 10.2 Å². The Bertz CT molecular complexity index is 611. The first-order valence-corrected chi connectivity index (χ1v) is 5.71. The van der Waals surface area contributed by atoms with E-state index < -0.39 is 0 Å². The van der Waals surface area contributed by atoms with Gasteiger partial charge in [-0.1, -0.05) is 17.4 Å². The van der Waals surface area contributed by atoms with E-state index in [1.807, 2.05) is 6.07 Å². The summed E-state index contributed by atoms with van der Waals surface area (Å²) in [6.45, 7) is 0. The minimum atomic E-state index is -0.234. The Balaban J connectivity index is 2.39. The maximum Gasteiger partial charge on any atom is 0.323 e. The van der Waals surface area contributed by atoms with Crippen molar-refractivity contribution in [1.82, 2.24) is 9.88 Å². The summed E-state index contributed by atoms with van der Waals surface area (Å²) in [7, 11) is 3.31. The predicted octanol–water partition coefficient (Wildman–Crippen LogP) is 2.26. The number of nitrogens with zero attached hydrogens (tertiary/aromatic N) is 3. The third-order valence-corrected chi connectivity index (χ3v) is 3.10. The molecule has 0 aliphatic carbocycles. The molecule has 0 bridgehead atoms. The van der Waals surface area contributed by atoms with Gasteiger partial charge in [0.1, 0.15) is 11.6 Å². The van der Waals surface area contributed by atoms with E-state index in [1.54, 1.807) is 26.2 Å². The quantitative estimate of drug-likeness (QED) is 0.839. The summed E-state index contributed by atoms with van der Waals surface area (Å²) in [5.41, 5.74) is 1.15. The van der Waals surface area contributed by atoms with Crippen molar-refractivity contribution in [3.05, 3.63) is 23.8 Å². The van der Waals surface area contributed by atoms with Crippen LogP contribution in [0, 0.1) is 11.3 Å². The molecule has 86 valence electrons. The second kappa shape index (κ2) is 4.39. The average molecular weight is 246 g/mol. The molecule has 0 aliphatic heterocycles. The molecule has 0 atom stereocenters. The topological polar surface area (TPSA) is 69.0 Å². The number of para-hydroxylation sites is 1. The van der Waals surface area contributed by atoms with Crippen LogP contribution in [0.15, 0.2) is 18.2 Å². The summed E-state index contributed by atoms with van der Waals surface area (Å²) in [6, 6.07) is 7.23. The molecule has 5 nitrogen and oxygen atoms in total. The lowest BCUT2D eigenvalue weighted by atomic mass is 10.2. The number of thiazole rings is 1. The Morgan fingerprint density at radius 2 is 2.29 bits per heavy atom. The number of anilines is 1. The average Bonchev–Trinajstić information content (AvgIpc) is 2.70. The highest BCUT2D eigenvalue weighted by molar-refractivity contribution is 7.22. The standard InChI is InChI=1S/C11H10N4OS/c1-15(2)11(16)14-10-13-9-7(6-12)4-3-5-8(9)17-10/h3-5H,1-2H3,(H,13,14,16). The van der Waals surface area contributed by atoms with Gasteiger partial charge < -0.3 is 4.90 Å². The van der Waals surface area contributed by atoms with Crippen LogP contribution in [0.5, 0.6) is 0 Å². The number of nitrogens with one attached hydrogen (secondary N) is 1. The summed E-state index contributed by atoms with van der Waals surface area (Å²) >= 11 is 1.35. The smallest absolute Gasteiger partial charge is 0.323 e. The summed E-state index contributed by atoms with van der Waals surface area (Å²) < 4.78 is 0.887. The van der Waals surface area contributed by atoms with E-state index in [-0.39, 0.29) is 6.03 Å². The van der Waals surface area contributed by atoms with E-state index in [4.69, 9.17) is 5.26 Å². The second-order valence-electron chi connectivity index (χ2n) is 3.61. The molecule has 0 saturated carbocycles. The summed E-state index contributed by atoms with van der Waals surface area (Å²) in [5.74, 6) is 0. The van der Waals surface area contributed by atoms with E-state index in [2.05, 4.69) is 16.4 Å². The van der Waals surface area contributed by atoms with Crippen molar-refractivity contribution < 1.29 is 4.79 Å². The Morgan fingerprint density at radius 3 is 2.94 bits per heavy atom. The zero-order chi connectivity index (χ0) is 12.4. The number of benzene rings is 1. The van der Waals surface area contributed by atoms with Gasteiger partial charge in [-0.2, -0.15) is 5.26 Å². The summed E-state index contributed by atoms with van der Waals surface area (Å²) in [6.07, 6.45) is 0. The summed E-state index contributed by atoms with van der Waals surface area (Å²) in [4.78, 5) is 17.1. The van der Waals surface area contributed by atoms with Gasteiger partial charge in [0, 0.05) is 14.1 Å². The fraction of sp³-hybridized carbons (Fsp3) is 0.182. The van der Waals surface area contributed by atoms with Crippen molar-refractivity contribution in [2.24, 2.45) is 0 Å². The lowest BCUT2D eigenvalue weighted by molar-refractivity contribution is 0.230. The van der Waals surface area contributed by atoms with Crippen molar-refractivity contribution in [3.8, 4) is 6.07 Å². The third-order valence-electron chi connectivity index (χ3n) is 2.16. The first-order chi connectivity index (χ1) is 8.11. The van der Waals surface area contributed by atoms with Gasteiger partial charge >= 0.3 is 6.03 Å². The van der Waals surface area contributed by atoms with Crippen molar-refractivity contribution in [1.29, 1.82) is 5.26 Å². The Labute approximate surface area is 102 Å². The highest BCUT2D eigenvalue weighted by Gasteiger charge is 2.10. The number of urea groups is 1. The van der Waals surface area contributed by atoms with Crippen molar-refractivity contribution >= 4 is 32.7 Å². The van der Waals surface area contributed by atoms with Crippen LogP contribution >= 0.6 is 11.3 Å². The van der Waals surface area contributed by atoms with E-state index in [0.29, 0.717) is 16.2 Å². The minimum Gasteiger partial charge on any atom is -0.331 e. The SMILES string of the molecule is CN(C)C(=O)Nc1nc2c(C#N)cccc2s1. The normalized spacial score (nSPS) is 9.94. The van der Waals surface area contributed by atoms with Gasteiger partial charge in [0.25, 0.3) is 0 Å². The zero-order valence-corrected chi connectivity index (χ0v) is 10.2. The van der Waals surface area contributed by atoms with Crippen LogP contribution in [0.1, 0.15) is 5.56 Å². The molecule has 0 saturated heterocycles. The number of fused-ring (bicyclic) bond motifs is 1. The third kappa shape index (κ3) is 2.19. The maximum atomic E-state index is 11.5. The number of aromatic nitrogens is 1. The molecular formula is C11H10N4OS. The molecular weight excluding hydrogens is 236 g/mol. The van der Waals surface area contributed by atoms with Crippen molar-refractivity contribution in [2.45, 2.75) is 0 Å². The van der Waals surface area contributed by atoms with Crippen LogP contribution < -0.4 is 5.32 Å². The first kappa shape index (κ1) is 11.4. The lowest BCUT2D eigenvalue weighted by Gasteiger charge is -2.08. The van der Waals surface area contributed by atoms with Crippen LogP contribution in [-0.4, -0.2) is 30.0 Å². The molecule has 6 heteroatoms. The molecule has 0 spiro atoms. The monoisotopic (exact) mass is 246 g/mol. The predicted molar refractivity (Wildman–Crippen MR) is 67.0 cm³/mol. The highest BCUT2D eigenvalue weighted by atomic mass is 32.1. The van der Waals surface area contributed by atoms with Crippen LogP contribution in [-0.2, 0) is 0 Å². The lowest BCUT2D eigenvalue weighted by Crippen LogP contribution is -2.27. The fourth-order valence-corrected chi connectivity index (χ4v) is 2.18. The van der Waals surface area contributed by atoms with Crippen LogP contribution in [0.3, 0.4) is 0 Å². The molecule has 2 aromatic rings. The first-order valence-electron chi connectivity index (χ1n) is 4.90. The molecule has 2 rings (SSSR count). The van der Waals surface area contributed by atoms with Gasteiger partial charge in [-0.15, -0.1) is 0 Å². The fourth-order valence-electron chi connectivity index (χ4n) is 1.30. The van der Waals surface area contributed by atoms with Gasteiger partial charge in [-0.3, -0.25) is 5.32 Å². The number of rotatable bonds is 1. The largest absolute Gasteiger partial charge is 0.331 e. The zero-order valence-electron chi connectivity index (χ0n) is 9.39. The Morgan fingerprint density at radius 1 is 1.53 bits per heavy atom. The van der Waals surface area contributed by atoms with Gasteiger partial charge in [-0.25, -0.2) is 9.78 Å². The van der Waals surface area contributed by atoms with E-state index in [0.717, 1.165) is 4.70 Å². The van der Waals surface area contributed by atoms with E-state index in [9.17, 15) is 4.79 Å². The minimum absolute atomic E-state index is 0.234. The van der Waals surface area contributed by atoms with Gasteiger partial charge in [0.05, 0.1) is 10.3 Å². The molecule has 2 amide bonds. The second-order valence-corrected chi connectivity index (χ2v) is 4.64. The van der Waals surface area contributed by atoms with Gasteiger partial charge in [-0.05, 0) is 12.1 Å². The number of carbonyl (C=O) groups is 1. The van der Waals surface area contributed by atoms with Crippen LogP contribution in [0.2, 0.25) is 0 Å². The number of nitriles is 1. The molecule has 0 unspecified atom stereocenters. The van der Waals surface area contributed by atoms with Crippen molar-refractivity contribution in [2.75, 3.05) is 19.4 Å². The molecule has 1 N–H and O–H groups in total. The molecule has 17 heavy (non-hydrogen) atoms. The summed E-state index contributed by atoms with van der Waals surface area (Å²) in [5, 5.41) is 12.1. The Hall–Kier alpha value is -2.13. The maximum absolute atomic E-state index is 11.5. The molecule has 1 aromatic heterocycles. The van der Waals surface area contributed by atoms with Crippen LogP contribution in [0.4, 0.5) is 9.93 Å². The number of hydrogen-bond acceptors (Lipinski definition) is 4.